The van der Waals surface area contributed by atoms with Crippen LogP contribution in [0, 0.1) is 0 Å². The molecular formula is C10H11ClN2O2. The monoisotopic (exact) mass is 226 g/mol. The van der Waals surface area contributed by atoms with E-state index in [-0.39, 0.29) is 5.28 Å². The van der Waals surface area contributed by atoms with Gasteiger partial charge in [0.15, 0.2) is 5.69 Å². The van der Waals surface area contributed by atoms with Gasteiger partial charge in [0.2, 0.25) is 5.28 Å². The van der Waals surface area contributed by atoms with Gasteiger partial charge < -0.3 is 4.74 Å². The molecule has 0 saturated carbocycles. The molecule has 1 aromatic heterocycles. The topological polar surface area (TPSA) is 52.1 Å². The van der Waals surface area contributed by atoms with Crippen molar-refractivity contribution in [3.8, 4) is 0 Å². The van der Waals surface area contributed by atoms with Crippen LogP contribution in [0.25, 0.3) is 0 Å². The third kappa shape index (κ3) is 1.95. The number of halogens is 1. The Balaban J connectivity index is 2.42. The number of carbonyl (C=O) groups excluding carboxylic acids is 1. The first-order valence-electron chi connectivity index (χ1n) is 4.94. The second-order valence-corrected chi connectivity index (χ2v) is 3.68. The van der Waals surface area contributed by atoms with Crippen molar-refractivity contribution in [1.82, 2.24) is 9.97 Å². The molecule has 0 aromatic carbocycles. The van der Waals surface area contributed by atoms with Crippen LogP contribution in [-0.4, -0.2) is 22.5 Å². The zero-order valence-electron chi connectivity index (χ0n) is 8.42. The molecule has 2 rings (SSSR count). The van der Waals surface area contributed by atoms with Crippen molar-refractivity contribution in [2.45, 2.75) is 26.2 Å². The van der Waals surface area contributed by atoms with Crippen LogP contribution in [-0.2, 0) is 17.6 Å². The highest BCUT2D eigenvalue weighted by atomic mass is 35.5. The summed E-state index contributed by atoms with van der Waals surface area (Å²) in [6.07, 6.45) is 2.70. The number of aryl methyl sites for hydroxylation is 1. The van der Waals surface area contributed by atoms with E-state index in [1.165, 1.54) is 0 Å². The standard InChI is InChI=1S/C10H11ClN2O2/c1-2-15-9(14)8-6-4-3-5-7(6)12-10(11)13-8/h2-5H2,1H3. The summed E-state index contributed by atoms with van der Waals surface area (Å²) in [5.74, 6) is -0.403. The number of rotatable bonds is 2. The summed E-state index contributed by atoms with van der Waals surface area (Å²) in [5, 5.41) is 0.124. The lowest BCUT2D eigenvalue weighted by Gasteiger charge is -2.06. The average Bonchev–Trinajstić information content (AvgIpc) is 2.64. The van der Waals surface area contributed by atoms with Gasteiger partial charge in [0, 0.05) is 11.3 Å². The van der Waals surface area contributed by atoms with E-state index >= 15 is 0 Å². The molecule has 1 heterocycles. The van der Waals surface area contributed by atoms with Gasteiger partial charge >= 0.3 is 5.97 Å². The van der Waals surface area contributed by atoms with Gasteiger partial charge in [0.25, 0.3) is 0 Å². The number of aromatic nitrogens is 2. The van der Waals surface area contributed by atoms with Crippen LogP contribution in [0.1, 0.15) is 35.1 Å². The molecule has 1 aliphatic carbocycles. The molecule has 5 heteroatoms. The minimum Gasteiger partial charge on any atom is -0.461 e. The van der Waals surface area contributed by atoms with E-state index in [4.69, 9.17) is 16.3 Å². The van der Waals surface area contributed by atoms with Crippen molar-refractivity contribution in [2.75, 3.05) is 6.61 Å². The second kappa shape index (κ2) is 4.14. The normalized spacial score (nSPS) is 13.7. The number of esters is 1. The van der Waals surface area contributed by atoms with Crippen LogP contribution < -0.4 is 0 Å². The first-order valence-corrected chi connectivity index (χ1v) is 5.32. The number of fused-ring (bicyclic) bond motifs is 1. The number of nitrogens with zero attached hydrogens (tertiary/aromatic N) is 2. The van der Waals surface area contributed by atoms with Gasteiger partial charge in [-0.05, 0) is 37.8 Å². The molecule has 0 unspecified atom stereocenters. The van der Waals surface area contributed by atoms with Gasteiger partial charge in [0.05, 0.1) is 6.61 Å². The van der Waals surface area contributed by atoms with Gasteiger partial charge in [0.1, 0.15) is 0 Å². The van der Waals surface area contributed by atoms with Crippen LogP contribution in [0.3, 0.4) is 0 Å². The first-order chi connectivity index (χ1) is 7.22. The summed E-state index contributed by atoms with van der Waals surface area (Å²) >= 11 is 5.74. The fourth-order valence-electron chi connectivity index (χ4n) is 1.77. The molecule has 0 amide bonds. The fraction of sp³-hybridized carbons (Fsp3) is 0.500. The summed E-state index contributed by atoms with van der Waals surface area (Å²) in [6, 6.07) is 0. The van der Waals surface area contributed by atoms with E-state index in [1.54, 1.807) is 6.92 Å². The molecule has 0 N–H and O–H groups in total. The summed E-state index contributed by atoms with van der Waals surface area (Å²) in [4.78, 5) is 19.6. The lowest BCUT2D eigenvalue weighted by atomic mass is 10.2. The van der Waals surface area contributed by atoms with E-state index in [1.807, 2.05) is 0 Å². The zero-order valence-corrected chi connectivity index (χ0v) is 9.17. The molecule has 1 aromatic rings. The van der Waals surface area contributed by atoms with Crippen LogP contribution in [0.5, 0.6) is 0 Å². The van der Waals surface area contributed by atoms with E-state index in [0.717, 1.165) is 30.5 Å². The van der Waals surface area contributed by atoms with Gasteiger partial charge in [-0.3, -0.25) is 0 Å². The van der Waals surface area contributed by atoms with Gasteiger partial charge in [-0.15, -0.1) is 0 Å². The maximum atomic E-state index is 11.6. The molecule has 80 valence electrons. The Morgan fingerprint density at radius 3 is 3.00 bits per heavy atom. The summed E-state index contributed by atoms with van der Waals surface area (Å²) in [5.41, 5.74) is 2.13. The average molecular weight is 227 g/mol. The van der Waals surface area contributed by atoms with Crippen LogP contribution >= 0.6 is 11.6 Å². The Hall–Kier alpha value is -1.16. The van der Waals surface area contributed by atoms with Gasteiger partial charge in [-0.25, -0.2) is 14.8 Å². The highest BCUT2D eigenvalue weighted by Gasteiger charge is 2.23. The Labute approximate surface area is 92.6 Å². The fourth-order valence-corrected chi connectivity index (χ4v) is 1.96. The smallest absolute Gasteiger partial charge is 0.357 e. The summed E-state index contributed by atoms with van der Waals surface area (Å²) in [6.45, 7) is 2.11. The van der Waals surface area contributed by atoms with Crippen molar-refractivity contribution in [1.29, 1.82) is 0 Å². The number of carbonyl (C=O) groups is 1. The second-order valence-electron chi connectivity index (χ2n) is 3.34. The van der Waals surface area contributed by atoms with Crippen LogP contribution in [0.15, 0.2) is 0 Å². The van der Waals surface area contributed by atoms with E-state index in [9.17, 15) is 4.79 Å². The quantitative estimate of drug-likeness (QED) is 0.570. The maximum absolute atomic E-state index is 11.6. The Morgan fingerprint density at radius 1 is 1.47 bits per heavy atom. The van der Waals surface area contributed by atoms with Crippen LogP contribution in [0.2, 0.25) is 5.28 Å². The Morgan fingerprint density at radius 2 is 2.27 bits per heavy atom. The minimum absolute atomic E-state index is 0.124. The van der Waals surface area contributed by atoms with Crippen molar-refractivity contribution in [2.24, 2.45) is 0 Å². The predicted octanol–water partition coefficient (Wildman–Crippen LogP) is 1.80. The first kappa shape index (κ1) is 10.4. The number of ether oxygens (including phenoxy) is 1. The molecule has 0 fully saturated rings. The minimum atomic E-state index is -0.403. The van der Waals surface area contributed by atoms with Crippen molar-refractivity contribution in [3.63, 3.8) is 0 Å². The van der Waals surface area contributed by atoms with Crippen molar-refractivity contribution < 1.29 is 9.53 Å². The Bertz CT molecular complexity index is 407. The van der Waals surface area contributed by atoms with Crippen molar-refractivity contribution >= 4 is 17.6 Å². The van der Waals surface area contributed by atoms with Crippen molar-refractivity contribution in [3.05, 3.63) is 22.2 Å². The highest BCUT2D eigenvalue weighted by molar-refractivity contribution is 6.28. The molecule has 0 saturated heterocycles. The highest BCUT2D eigenvalue weighted by Crippen LogP contribution is 2.24. The lowest BCUT2D eigenvalue weighted by molar-refractivity contribution is 0.0518. The lowest BCUT2D eigenvalue weighted by Crippen LogP contribution is -2.12. The molecular weight excluding hydrogens is 216 g/mol. The van der Waals surface area contributed by atoms with E-state index in [0.29, 0.717) is 12.3 Å². The number of hydrogen-bond donors (Lipinski definition) is 0. The third-order valence-electron chi connectivity index (χ3n) is 2.37. The summed E-state index contributed by atoms with van der Waals surface area (Å²) < 4.78 is 4.92. The Kier molecular flexibility index (Phi) is 2.86. The zero-order chi connectivity index (χ0) is 10.8. The number of hydrogen-bond acceptors (Lipinski definition) is 4. The van der Waals surface area contributed by atoms with E-state index in [2.05, 4.69) is 9.97 Å². The third-order valence-corrected chi connectivity index (χ3v) is 2.54. The predicted molar refractivity (Wildman–Crippen MR) is 55.0 cm³/mol. The molecule has 0 spiro atoms. The van der Waals surface area contributed by atoms with Crippen LogP contribution in [0.4, 0.5) is 0 Å². The largest absolute Gasteiger partial charge is 0.461 e. The maximum Gasteiger partial charge on any atom is 0.357 e. The SMILES string of the molecule is CCOC(=O)c1nc(Cl)nc2c1CCC2. The summed E-state index contributed by atoms with van der Waals surface area (Å²) in [7, 11) is 0. The molecule has 4 nitrogen and oxygen atoms in total. The molecule has 0 atom stereocenters. The molecule has 0 aliphatic heterocycles. The van der Waals surface area contributed by atoms with Gasteiger partial charge in [-0.1, -0.05) is 0 Å². The van der Waals surface area contributed by atoms with E-state index < -0.39 is 5.97 Å². The molecule has 0 bridgehead atoms. The molecule has 0 radical (unpaired) electrons. The molecule has 15 heavy (non-hydrogen) atoms. The van der Waals surface area contributed by atoms with Gasteiger partial charge in [-0.2, -0.15) is 0 Å². The molecule has 1 aliphatic rings.